The van der Waals surface area contributed by atoms with Gasteiger partial charge in [-0.3, -0.25) is 0 Å². The van der Waals surface area contributed by atoms with Gasteiger partial charge in [0, 0.05) is 0 Å². The molecular weight excluding hydrogens is 200 g/mol. The number of hydrogen-bond acceptors (Lipinski definition) is 4. The van der Waals surface area contributed by atoms with Crippen molar-refractivity contribution >= 4 is 21.8 Å². The molecule has 0 radical (unpaired) electrons. The summed E-state index contributed by atoms with van der Waals surface area (Å²) in [6, 6.07) is -0.979. The molecule has 1 N–H and O–H groups in total. The Morgan fingerprint density at radius 2 is 1.83 bits per heavy atom. The first kappa shape index (κ1) is 11.4. The third-order valence-electron chi connectivity index (χ3n) is 1.04. The maximum absolute atomic E-state index is 10.4. The molecule has 64 valence electrons. The third-order valence-corrected chi connectivity index (χ3v) is 1.64. The van der Waals surface area contributed by atoms with E-state index in [0.29, 0.717) is 0 Å². The molecule has 0 rings (SSSR count). The first-order chi connectivity index (χ1) is 5.63. The van der Waals surface area contributed by atoms with Gasteiger partial charge < -0.3 is 0 Å². The van der Waals surface area contributed by atoms with Gasteiger partial charge in [0.05, 0.1) is 0 Å². The Kier molecular flexibility index (Phi) is 5.74. The van der Waals surface area contributed by atoms with Crippen molar-refractivity contribution in [2.24, 2.45) is 0 Å². The van der Waals surface area contributed by atoms with Crippen LogP contribution in [0.15, 0.2) is 0 Å². The fourth-order valence-corrected chi connectivity index (χ4v) is 1.10. The minimum absolute atomic E-state index is 0.479. The molecule has 0 heterocycles. The molecule has 0 spiro atoms. The molecule has 0 aliphatic heterocycles. The molecule has 0 bridgehead atoms. The van der Waals surface area contributed by atoms with Crippen LogP contribution in [0.5, 0.6) is 0 Å². The summed E-state index contributed by atoms with van der Waals surface area (Å²) in [6.45, 7) is 1.33. The summed E-state index contributed by atoms with van der Waals surface area (Å²) in [7, 11) is -0.958. The predicted octanol–water partition coefficient (Wildman–Crippen LogP) is 1.18. The first-order valence-electron chi connectivity index (χ1n) is 2.81. The molecule has 0 aromatic carbocycles. The van der Waals surface area contributed by atoms with Gasteiger partial charge in [0.15, 0.2) is 0 Å². The van der Waals surface area contributed by atoms with E-state index < -0.39 is 27.8 Å². The summed E-state index contributed by atoms with van der Waals surface area (Å²) in [6.07, 6.45) is 0. The van der Waals surface area contributed by atoms with Crippen molar-refractivity contribution in [3.05, 3.63) is 0 Å². The van der Waals surface area contributed by atoms with E-state index in [1.165, 1.54) is 6.92 Å². The zero-order chi connectivity index (χ0) is 9.56. The van der Waals surface area contributed by atoms with Crippen molar-refractivity contribution in [1.29, 1.82) is 0 Å². The van der Waals surface area contributed by atoms with Crippen LogP contribution in [0.2, 0.25) is 0 Å². The van der Waals surface area contributed by atoms with Crippen LogP contribution in [0.4, 0.5) is 0 Å². The van der Waals surface area contributed by atoms with Crippen molar-refractivity contribution < 1.29 is 19.0 Å². The number of carbonyl (C=O) groups is 1. The number of carboxylic acids is 1. The topological polar surface area (TPSA) is 74.7 Å². The van der Waals surface area contributed by atoms with Gasteiger partial charge in [-0.1, -0.05) is 0 Å². The monoisotopic (exact) mass is 205 g/mol. The van der Waals surface area contributed by atoms with Gasteiger partial charge in [-0.25, -0.2) is 0 Å². The molecule has 0 fully saturated rings. The van der Waals surface area contributed by atoms with Crippen molar-refractivity contribution in [1.82, 2.24) is 4.90 Å². The van der Waals surface area contributed by atoms with Crippen LogP contribution in [0.25, 0.3) is 0 Å². The summed E-state index contributed by atoms with van der Waals surface area (Å²) in [5.41, 5.74) is 0. The molecule has 5 nitrogen and oxygen atoms in total. The van der Waals surface area contributed by atoms with Gasteiger partial charge in [-0.05, 0) is 0 Å². The van der Waals surface area contributed by atoms with Crippen LogP contribution < -0.4 is 0 Å². The van der Waals surface area contributed by atoms with E-state index in [1.807, 2.05) is 0 Å². The van der Waals surface area contributed by atoms with Crippen molar-refractivity contribution in [3.63, 3.8) is 0 Å². The van der Waals surface area contributed by atoms with E-state index in [1.54, 1.807) is 0 Å². The summed E-state index contributed by atoms with van der Waals surface area (Å²) in [5.74, 6) is 3.09. The van der Waals surface area contributed by atoms with Gasteiger partial charge in [0.25, 0.3) is 0 Å². The predicted molar refractivity (Wildman–Crippen MR) is 41.9 cm³/mol. The Bertz CT molecular complexity index is 338. The van der Waals surface area contributed by atoms with Crippen LogP contribution in [-0.2, 0) is 13.9 Å². The van der Waals surface area contributed by atoms with Crippen LogP contribution in [0, 0.1) is 11.5 Å². The average molecular weight is 205 g/mol. The normalized spacial score (nSPS) is 11.2. The molecule has 0 aliphatic rings. The van der Waals surface area contributed by atoms with Crippen LogP contribution in [0.1, 0.15) is 6.92 Å². The van der Waals surface area contributed by atoms with Gasteiger partial charge in [0.1, 0.15) is 0 Å². The Morgan fingerprint density at radius 3 is 2.08 bits per heavy atom. The van der Waals surface area contributed by atoms with E-state index in [-0.39, 0.29) is 0 Å². The van der Waals surface area contributed by atoms with Crippen molar-refractivity contribution in [2.75, 3.05) is 0 Å². The van der Waals surface area contributed by atoms with Crippen molar-refractivity contribution in [2.45, 2.75) is 13.0 Å². The van der Waals surface area contributed by atoms with Gasteiger partial charge in [0.2, 0.25) is 0 Å². The summed E-state index contributed by atoms with van der Waals surface area (Å²) >= 11 is 0. The number of hydrogen-bond donors (Lipinski definition) is 1. The summed E-state index contributed by atoms with van der Waals surface area (Å²) < 4.78 is 20.0. The van der Waals surface area contributed by atoms with E-state index in [0.717, 1.165) is 4.90 Å². The molecule has 0 aromatic heterocycles. The number of carboxylic acid groups (broad SMARTS) is 1. The third kappa shape index (κ3) is 3.73. The molecule has 1 atom stereocenters. The number of aliphatic carboxylic acids is 1. The Morgan fingerprint density at radius 1 is 1.42 bits per heavy atom. The quantitative estimate of drug-likeness (QED) is 0.541. The Hall–Kier alpha value is -0.550. The zero-order valence-electron chi connectivity index (χ0n) is 6.09. The fraction of sp³-hybridized carbons (Fsp3) is 0.400. The average Bonchev–Trinajstić information content (AvgIpc) is 2.03. The molecular formula is C5H5NO4P2. The second kappa shape index (κ2) is 6.02. The standard InChI is InChI=1S/C5H5NO4P2/c1-4(5(7)8)6(2-11-9)3-12-10/h4H,1H3,(H,7,8)/t4-/m0/s1. The second-order valence-electron chi connectivity index (χ2n) is 1.77. The molecule has 0 unspecified atom stereocenters. The molecule has 7 heteroatoms. The molecule has 0 saturated carbocycles. The Labute approximate surface area is 71.0 Å². The molecule has 12 heavy (non-hydrogen) atoms. The molecule has 0 aromatic rings. The molecule has 0 aliphatic carbocycles. The summed E-state index contributed by atoms with van der Waals surface area (Å²) in [4.78, 5) is 11.2. The second-order valence-corrected chi connectivity index (χ2v) is 2.53. The number of nitrogens with zero attached hydrogens (tertiary/aromatic N) is 1. The van der Waals surface area contributed by atoms with Crippen LogP contribution in [-0.4, -0.2) is 22.0 Å². The zero-order valence-corrected chi connectivity index (χ0v) is 7.88. The van der Waals surface area contributed by atoms with Crippen LogP contribution >= 0.6 is 15.8 Å². The maximum atomic E-state index is 10.4. The number of rotatable bonds is 2. The van der Waals surface area contributed by atoms with Crippen LogP contribution in [0.3, 0.4) is 0 Å². The van der Waals surface area contributed by atoms with E-state index >= 15 is 0 Å². The van der Waals surface area contributed by atoms with Gasteiger partial charge >= 0.3 is 70.2 Å². The SMILES string of the molecule is C[C@@H](C(=O)O)N(C#P=O)C#P=O. The fourth-order valence-electron chi connectivity index (χ4n) is 0.394. The van der Waals surface area contributed by atoms with Gasteiger partial charge in [-0.2, -0.15) is 0 Å². The summed E-state index contributed by atoms with van der Waals surface area (Å²) in [5, 5.41) is 8.47. The first-order valence-corrected chi connectivity index (χ1v) is 4.44. The van der Waals surface area contributed by atoms with Gasteiger partial charge in [-0.15, -0.1) is 0 Å². The Balaban J connectivity index is 4.78. The van der Waals surface area contributed by atoms with E-state index in [9.17, 15) is 13.9 Å². The van der Waals surface area contributed by atoms with Crippen molar-refractivity contribution in [3.8, 4) is 11.5 Å². The molecule has 0 saturated heterocycles. The van der Waals surface area contributed by atoms with E-state index in [2.05, 4.69) is 11.5 Å². The minimum atomic E-state index is -1.14. The molecule has 0 amide bonds. The van der Waals surface area contributed by atoms with E-state index in [4.69, 9.17) is 5.11 Å².